The average molecular weight is 310 g/mol. The van der Waals surface area contributed by atoms with Crippen molar-refractivity contribution in [2.24, 2.45) is 0 Å². The van der Waals surface area contributed by atoms with Gasteiger partial charge in [0.15, 0.2) is 0 Å². The highest BCUT2D eigenvalue weighted by Gasteiger charge is 2.42. The van der Waals surface area contributed by atoms with Crippen LogP contribution in [-0.2, 0) is 9.47 Å². The lowest BCUT2D eigenvalue weighted by molar-refractivity contribution is -0.146. The number of nitrogens with zero attached hydrogens (tertiary/aromatic N) is 2. The largest absolute Gasteiger partial charge is 0.436 e. The van der Waals surface area contributed by atoms with Gasteiger partial charge in [0.1, 0.15) is 18.9 Å². The minimum atomic E-state index is -0.823. The Morgan fingerprint density at radius 3 is 2.74 bits per heavy atom. The van der Waals surface area contributed by atoms with Crippen LogP contribution in [0.25, 0.3) is 0 Å². The zero-order chi connectivity index (χ0) is 16.3. The predicted octanol–water partition coefficient (Wildman–Crippen LogP) is 2.44. The first-order valence-electron chi connectivity index (χ1n) is 7.47. The van der Waals surface area contributed by atoms with Gasteiger partial charge in [0, 0.05) is 0 Å². The van der Waals surface area contributed by atoms with Crippen LogP contribution in [0.2, 0.25) is 0 Å². The molecule has 0 aliphatic carbocycles. The van der Waals surface area contributed by atoms with Gasteiger partial charge < -0.3 is 14.0 Å². The second-order valence-electron chi connectivity index (χ2n) is 5.52. The third kappa shape index (κ3) is 2.99. The number of aromatic nitrogens is 2. The number of benzene rings is 1. The molecule has 1 aromatic carbocycles. The van der Waals surface area contributed by atoms with E-state index >= 15 is 0 Å². The first-order chi connectivity index (χ1) is 11.2. The normalized spacial score (nSPS) is 16.6. The van der Waals surface area contributed by atoms with Gasteiger partial charge in [-0.1, -0.05) is 36.3 Å². The molecule has 1 aliphatic heterocycles. The fraction of sp³-hybridized carbons (Fsp3) is 0.333. The van der Waals surface area contributed by atoms with Gasteiger partial charge in [0.05, 0.1) is 18.6 Å². The molecule has 2 heterocycles. The second kappa shape index (κ2) is 6.27. The highest BCUT2D eigenvalue weighted by atomic mass is 16.6. The minimum absolute atomic E-state index is 0.0212. The standard InChI is InChI=1S/C18H18N2O3/c1-3-9-18(11-22-12-18)23-17(21)16-10-19-13-20(16)14(2)15-7-5-4-6-8-15/h4-8,10,13-14H,11-12H2,1-2H3/t14-/m1/s1. The topological polar surface area (TPSA) is 53.3 Å². The fourth-order valence-electron chi connectivity index (χ4n) is 2.57. The summed E-state index contributed by atoms with van der Waals surface area (Å²) in [6.07, 6.45) is 3.16. The van der Waals surface area contributed by atoms with E-state index in [9.17, 15) is 4.79 Å². The monoisotopic (exact) mass is 310 g/mol. The van der Waals surface area contributed by atoms with Crippen molar-refractivity contribution in [2.75, 3.05) is 13.2 Å². The third-order valence-electron chi connectivity index (χ3n) is 3.89. The van der Waals surface area contributed by atoms with Crippen molar-refractivity contribution in [1.29, 1.82) is 0 Å². The van der Waals surface area contributed by atoms with E-state index in [1.165, 1.54) is 6.20 Å². The van der Waals surface area contributed by atoms with Gasteiger partial charge in [0.2, 0.25) is 5.60 Å². The zero-order valence-corrected chi connectivity index (χ0v) is 13.2. The Balaban J connectivity index is 1.83. The molecule has 1 aliphatic rings. The van der Waals surface area contributed by atoms with E-state index in [-0.39, 0.29) is 6.04 Å². The zero-order valence-electron chi connectivity index (χ0n) is 13.2. The Bertz CT molecular complexity index is 751. The van der Waals surface area contributed by atoms with Gasteiger partial charge in [-0.05, 0) is 19.4 Å². The SMILES string of the molecule is CC#CC1(OC(=O)c2cncn2[C@H](C)c2ccccc2)COC1. The van der Waals surface area contributed by atoms with Crippen LogP contribution in [0.4, 0.5) is 0 Å². The van der Waals surface area contributed by atoms with Crippen LogP contribution in [0.3, 0.4) is 0 Å². The number of ether oxygens (including phenoxy) is 2. The first kappa shape index (κ1) is 15.3. The molecule has 0 spiro atoms. The van der Waals surface area contributed by atoms with E-state index in [0.29, 0.717) is 18.9 Å². The quantitative estimate of drug-likeness (QED) is 0.643. The predicted molar refractivity (Wildman–Crippen MR) is 84.9 cm³/mol. The Hall–Kier alpha value is -2.58. The average Bonchev–Trinajstić information content (AvgIpc) is 3.02. The lowest BCUT2D eigenvalue weighted by Crippen LogP contribution is -2.52. The van der Waals surface area contributed by atoms with Crippen LogP contribution in [-0.4, -0.2) is 34.3 Å². The molecule has 5 heteroatoms. The molecule has 2 aromatic rings. The van der Waals surface area contributed by atoms with Crippen molar-refractivity contribution in [3.63, 3.8) is 0 Å². The second-order valence-corrected chi connectivity index (χ2v) is 5.52. The first-order valence-corrected chi connectivity index (χ1v) is 7.47. The van der Waals surface area contributed by atoms with Crippen LogP contribution in [0.5, 0.6) is 0 Å². The van der Waals surface area contributed by atoms with E-state index in [4.69, 9.17) is 9.47 Å². The smallest absolute Gasteiger partial charge is 0.358 e. The number of imidazole rings is 1. The van der Waals surface area contributed by atoms with E-state index in [1.54, 1.807) is 13.3 Å². The van der Waals surface area contributed by atoms with Gasteiger partial charge in [-0.25, -0.2) is 9.78 Å². The van der Waals surface area contributed by atoms with Gasteiger partial charge in [-0.3, -0.25) is 0 Å². The van der Waals surface area contributed by atoms with Gasteiger partial charge in [0.25, 0.3) is 0 Å². The minimum Gasteiger partial charge on any atom is -0.436 e. The molecule has 1 aromatic heterocycles. The maximum absolute atomic E-state index is 12.5. The maximum Gasteiger partial charge on any atom is 0.358 e. The molecule has 5 nitrogen and oxygen atoms in total. The van der Waals surface area contributed by atoms with E-state index in [2.05, 4.69) is 16.8 Å². The summed E-state index contributed by atoms with van der Waals surface area (Å²) in [5.41, 5.74) is 0.678. The van der Waals surface area contributed by atoms with Crippen LogP contribution in [0.15, 0.2) is 42.9 Å². The summed E-state index contributed by atoms with van der Waals surface area (Å²) in [7, 11) is 0. The van der Waals surface area contributed by atoms with Crippen LogP contribution >= 0.6 is 0 Å². The molecular formula is C18H18N2O3. The summed E-state index contributed by atoms with van der Waals surface area (Å²) >= 11 is 0. The summed E-state index contributed by atoms with van der Waals surface area (Å²) in [5, 5.41) is 0. The van der Waals surface area contributed by atoms with E-state index in [0.717, 1.165) is 5.56 Å². The Morgan fingerprint density at radius 2 is 2.13 bits per heavy atom. The molecule has 23 heavy (non-hydrogen) atoms. The lowest BCUT2D eigenvalue weighted by atomic mass is 10.0. The number of hydrogen-bond acceptors (Lipinski definition) is 4. The number of rotatable bonds is 4. The Kier molecular flexibility index (Phi) is 4.18. The highest BCUT2D eigenvalue weighted by Crippen LogP contribution is 2.25. The van der Waals surface area contributed by atoms with Crippen molar-refractivity contribution >= 4 is 5.97 Å². The Labute approximate surface area is 135 Å². The summed E-state index contributed by atoms with van der Waals surface area (Å²) in [6.45, 7) is 4.35. The Morgan fingerprint density at radius 1 is 1.39 bits per heavy atom. The molecule has 0 unspecified atom stereocenters. The van der Waals surface area contributed by atoms with Crippen molar-refractivity contribution in [2.45, 2.75) is 25.5 Å². The van der Waals surface area contributed by atoms with Gasteiger partial charge >= 0.3 is 5.97 Å². The summed E-state index contributed by atoms with van der Waals surface area (Å²) in [5.74, 6) is 5.28. The van der Waals surface area contributed by atoms with Crippen molar-refractivity contribution in [1.82, 2.24) is 9.55 Å². The molecule has 0 N–H and O–H groups in total. The molecule has 0 radical (unpaired) electrons. The van der Waals surface area contributed by atoms with Crippen molar-refractivity contribution < 1.29 is 14.3 Å². The van der Waals surface area contributed by atoms with Gasteiger partial charge in [-0.15, -0.1) is 5.92 Å². The van der Waals surface area contributed by atoms with Crippen molar-refractivity contribution in [3.8, 4) is 11.8 Å². The van der Waals surface area contributed by atoms with Gasteiger partial charge in [-0.2, -0.15) is 0 Å². The molecule has 0 bridgehead atoms. The molecule has 0 amide bonds. The van der Waals surface area contributed by atoms with Crippen LogP contribution in [0, 0.1) is 11.8 Å². The molecule has 3 rings (SSSR count). The summed E-state index contributed by atoms with van der Waals surface area (Å²) < 4.78 is 12.6. The van der Waals surface area contributed by atoms with Crippen molar-refractivity contribution in [3.05, 3.63) is 54.1 Å². The number of carbonyl (C=O) groups excluding carboxylic acids is 1. The van der Waals surface area contributed by atoms with E-state index in [1.807, 2.05) is 41.8 Å². The number of hydrogen-bond donors (Lipinski definition) is 0. The molecule has 1 saturated heterocycles. The van der Waals surface area contributed by atoms with E-state index < -0.39 is 11.6 Å². The number of esters is 1. The third-order valence-corrected chi connectivity index (χ3v) is 3.89. The van der Waals surface area contributed by atoms with Crippen LogP contribution in [0.1, 0.15) is 35.9 Å². The molecule has 1 atom stereocenters. The lowest BCUT2D eigenvalue weighted by Gasteiger charge is -2.36. The molecule has 118 valence electrons. The molecule has 0 saturated carbocycles. The fourth-order valence-corrected chi connectivity index (χ4v) is 2.57. The summed E-state index contributed by atoms with van der Waals surface area (Å²) in [4.78, 5) is 16.6. The molecular weight excluding hydrogens is 292 g/mol. The summed E-state index contributed by atoms with van der Waals surface area (Å²) in [6, 6.07) is 9.92. The maximum atomic E-state index is 12.5. The number of carbonyl (C=O) groups is 1. The molecule has 1 fully saturated rings. The van der Waals surface area contributed by atoms with Crippen LogP contribution < -0.4 is 0 Å². The highest BCUT2D eigenvalue weighted by molar-refractivity contribution is 5.88.